The molecule has 2 rings (SSSR count). The largest absolute Gasteiger partial charge is 0.412 e. The van der Waals surface area contributed by atoms with Crippen molar-refractivity contribution in [2.45, 2.75) is 0 Å². The number of hydrogen-bond donors (Lipinski definition) is 2. The van der Waals surface area contributed by atoms with Crippen molar-refractivity contribution in [3.8, 4) is 0 Å². The Hall–Kier alpha value is -1.56. The minimum absolute atomic E-state index is 0. The molecule has 0 radical (unpaired) electrons. The van der Waals surface area contributed by atoms with Gasteiger partial charge < -0.3 is 5.48 Å². The zero-order valence-electron chi connectivity index (χ0n) is 7.70. The van der Waals surface area contributed by atoms with Crippen LogP contribution in [-0.4, -0.2) is 15.5 Å². The van der Waals surface area contributed by atoms with E-state index in [1.54, 1.807) is 6.07 Å². The molecule has 0 atom stereocenters. The predicted molar refractivity (Wildman–Crippen MR) is 58.5 cm³/mol. The highest BCUT2D eigenvalue weighted by Gasteiger charge is 2.12. The maximum atomic E-state index is 11.3. The number of hydrazine groups is 1. The molecule has 1 heterocycles. The van der Waals surface area contributed by atoms with Crippen molar-refractivity contribution in [1.82, 2.24) is 9.51 Å². The monoisotopic (exact) mass is 227 g/mol. The van der Waals surface area contributed by atoms with E-state index in [1.807, 2.05) is 29.7 Å². The van der Waals surface area contributed by atoms with Crippen molar-refractivity contribution >= 4 is 28.6 Å². The second-order valence-corrected chi connectivity index (χ2v) is 3.18. The van der Waals surface area contributed by atoms with Crippen molar-refractivity contribution in [2.24, 2.45) is 5.84 Å². The van der Waals surface area contributed by atoms with E-state index < -0.39 is 5.91 Å². The molecule has 6 heteroatoms. The number of amides is 1. The van der Waals surface area contributed by atoms with Gasteiger partial charge in [0.2, 0.25) is 0 Å². The summed E-state index contributed by atoms with van der Waals surface area (Å²) in [6.45, 7) is 0. The topological polar surface area (TPSA) is 91.5 Å². The minimum Gasteiger partial charge on any atom is -0.412 e. The summed E-state index contributed by atoms with van der Waals surface area (Å²) in [5.74, 6) is 4.62. The number of para-hydroxylation sites is 1. The third-order valence-electron chi connectivity index (χ3n) is 2.02. The quantitative estimate of drug-likeness (QED) is 0.420. The van der Waals surface area contributed by atoms with Gasteiger partial charge in [0.1, 0.15) is 5.69 Å². The fourth-order valence-corrected chi connectivity index (χ4v) is 1.63. The molecular weight excluding hydrogens is 218 g/mol. The fourth-order valence-electron chi connectivity index (χ4n) is 1.35. The summed E-state index contributed by atoms with van der Waals surface area (Å²) in [6, 6.07) is 9.12. The summed E-state index contributed by atoms with van der Waals surface area (Å²) in [6.07, 6.45) is 0. The van der Waals surface area contributed by atoms with Gasteiger partial charge in [-0.05, 0) is 12.1 Å². The Balaban J connectivity index is 0.00000112. The zero-order valence-corrected chi connectivity index (χ0v) is 8.45. The minimum atomic E-state index is -0.406. The number of nitrogens with zero attached hydrogens (tertiary/aromatic N) is 1. The number of fused-ring (bicyclic) bond motifs is 1. The molecule has 5 N–H and O–H groups in total. The van der Waals surface area contributed by atoms with Crippen LogP contribution in [0.4, 0.5) is 0 Å². The van der Waals surface area contributed by atoms with Crippen LogP contribution in [0.15, 0.2) is 30.3 Å². The van der Waals surface area contributed by atoms with E-state index in [2.05, 4.69) is 0 Å². The molecule has 0 saturated carbocycles. The SMILES string of the molecule is NNC(=O)c1cc2ccccc2n1Cl.O. The van der Waals surface area contributed by atoms with E-state index in [4.69, 9.17) is 17.6 Å². The average molecular weight is 228 g/mol. The lowest BCUT2D eigenvalue weighted by Gasteiger charge is -1.98. The summed E-state index contributed by atoms with van der Waals surface area (Å²) in [5.41, 5.74) is 3.15. The van der Waals surface area contributed by atoms with Crippen LogP contribution in [0.5, 0.6) is 0 Å². The molecule has 15 heavy (non-hydrogen) atoms. The number of carbonyl (C=O) groups is 1. The Morgan fingerprint density at radius 3 is 2.67 bits per heavy atom. The van der Waals surface area contributed by atoms with Crippen LogP contribution < -0.4 is 11.3 Å². The highest BCUT2D eigenvalue weighted by molar-refractivity contribution is 6.22. The standard InChI is InChI=1S/C9H8ClN3O.H2O/c10-13-7-4-2-1-3-6(7)5-8(13)9(14)12-11;/h1-5H,11H2,(H,12,14);1H2. The molecule has 5 nitrogen and oxygen atoms in total. The first kappa shape index (κ1) is 11.5. The van der Waals surface area contributed by atoms with E-state index in [9.17, 15) is 4.79 Å². The van der Waals surface area contributed by atoms with Gasteiger partial charge in [0, 0.05) is 17.2 Å². The number of carbonyl (C=O) groups excluding carboxylic acids is 1. The summed E-state index contributed by atoms with van der Waals surface area (Å²) >= 11 is 5.93. The number of nitrogens with two attached hydrogens (primary N) is 1. The van der Waals surface area contributed by atoms with Crippen LogP contribution in [0.1, 0.15) is 10.5 Å². The lowest BCUT2D eigenvalue weighted by Crippen LogP contribution is -2.30. The Morgan fingerprint density at radius 1 is 1.40 bits per heavy atom. The van der Waals surface area contributed by atoms with Crippen LogP contribution in [-0.2, 0) is 0 Å². The van der Waals surface area contributed by atoms with E-state index in [1.165, 1.54) is 4.09 Å². The molecule has 0 bridgehead atoms. The highest BCUT2D eigenvalue weighted by atomic mass is 35.5. The summed E-state index contributed by atoms with van der Waals surface area (Å²) in [4.78, 5) is 11.3. The maximum absolute atomic E-state index is 11.3. The average Bonchev–Trinajstić information content (AvgIpc) is 2.56. The molecule has 0 unspecified atom stereocenters. The van der Waals surface area contributed by atoms with Gasteiger partial charge in [-0.2, -0.15) is 0 Å². The Labute approximate surface area is 90.8 Å². The van der Waals surface area contributed by atoms with E-state index >= 15 is 0 Å². The molecule has 1 amide bonds. The molecule has 0 aliphatic heterocycles. The molecule has 0 spiro atoms. The zero-order chi connectivity index (χ0) is 10.1. The number of aromatic nitrogens is 1. The number of hydrogen-bond acceptors (Lipinski definition) is 2. The molecule has 0 aliphatic rings. The summed E-state index contributed by atoms with van der Waals surface area (Å²) < 4.78 is 1.29. The summed E-state index contributed by atoms with van der Waals surface area (Å²) in [5, 5.41) is 0.904. The van der Waals surface area contributed by atoms with Gasteiger partial charge in [-0.3, -0.25) is 10.2 Å². The van der Waals surface area contributed by atoms with Crippen LogP contribution in [0.3, 0.4) is 0 Å². The second-order valence-electron chi connectivity index (χ2n) is 2.84. The van der Waals surface area contributed by atoms with Gasteiger partial charge in [-0.15, -0.1) is 0 Å². The molecule has 0 aliphatic carbocycles. The highest BCUT2D eigenvalue weighted by Crippen LogP contribution is 2.20. The predicted octanol–water partition coefficient (Wildman–Crippen LogP) is 0.422. The van der Waals surface area contributed by atoms with Crippen molar-refractivity contribution in [3.63, 3.8) is 0 Å². The Morgan fingerprint density at radius 2 is 2.07 bits per heavy atom. The second kappa shape index (κ2) is 4.31. The third-order valence-corrected chi connectivity index (χ3v) is 2.38. The Kier molecular flexibility index (Phi) is 3.31. The first-order valence-corrected chi connectivity index (χ1v) is 4.35. The molecule has 0 fully saturated rings. The number of nitrogen functional groups attached to an aromatic ring is 1. The molecule has 1 aromatic heterocycles. The Bertz CT molecular complexity index is 495. The lowest BCUT2D eigenvalue weighted by atomic mass is 10.2. The van der Waals surface area contributed by atoms with Crippen LogP contribution in [0, 0.1) is 0 Å². The van der Waals surface area contributed by atoms with Crippen LogP contribution in [0.2, 0.25) is 0 Å². The smallest absolute Gasteiger partial charge is 0.283 e. The first-order valence-electron chi connectivity index (χ1n) is 4.01. The number of benzene rings is 1. The first-order chi connectivity index (χ1) is 6.74. The van der Waals surface area contributed by atoms with E-state index in [0.29, 0.717) is 5.69 Å². The van der Waals surface area contributed by atoms with Crippen molar-refractivity contribution < 1.29 is 10.3 Å². The van der Waals surface area contributed by atoms with Gasteiger partial charge in [-0.1, -0.05) is 18.2 Å². The van der Waals surface area contributed by atoms with E-state index in [-0.39, 0.29) is 5.48 Å². The molecule has 1 aromatic carbocycles. The number of rotatable bonds is 1. The van der Waals surface area contributed by atoms with Gasteiger partial charge in [0.15, 0.2) is 0 Å². The molecular formula is C9H10ClN3O2. The van der Waals surface area contributed by atoms with Gasteiger partial charge >= 0.3 is 0 Å². The van der Waals surface area contributed by atoms with Crippen molar-refractivity contribution in [3.05, 3.63) is 36.0 Å². The maximum Gasteiger partial charge on any atom is 0.283 e. The molecule has 80 valence electrons. The fraction of sp³-hybridized carbons (Fsp3) is 0. The molecule has 2 aromatic rings. The van der Waals surface area contributed by atoms with Gasteiger partial charge in [-0.25, -0.2) is 9.93 Å². The van der Waals surface area contributed by atoms with Crippen LogP contribution in [0.25, 0.3) is 10.9 Å². The normalized spacial score (nSPS) is 9.73. The van der Waals surface area contributed by atoms with Crippen LogP contribution >= 0.6 is 11.8 Å². The van der Waals surface area contributed by atoms with E-state index in [0.717, 1.165) is 10.9 Å². The third kappa shape index (κ3) is 1.80. The molecule has 0 saturated heterocycles. The van der Waals surface area contributed by atoms with Gasteiger partial charge in [0.05, 0.1) is 5.52 Å². The summed E-state index contributed by atoms with van der Waals surface area (Å²) in [7, 11) is 0. The number of nitrogens with one attached hydrogen (secondary N) is 1. The number of halogens is 1. The lowest BCUT2D eigenvalue weighted by molar-refractivity contribution is 0.0948. The van der Waals surface area contributed by atoms with Crippen molar-refractivity contribution in [2.75, 3.05) is 0 Å². The van der Waals surface area contributed by atoms with Gasteiger partial charge in [0.25, 0.3) is 5.91 Å². The van der Waals surface area contributed by atoms with Crippen molar-refractivity contribution in [1.29, 1.82) is 0 Å².